The van der Waals surface area contributed by atoms with Gasteiger partial charge in [0.25, 0.3) is 0 Å². The van der Waals surface area contributed by atoms with Crippen molar-refractivity contribution in [3.05, 3.63) is 52.5 Å². The standard InChI is InChI=1S/C27H38FN3OS/c1-7-19(16-30(6)8-2)32-24-14-13-23(33-24)26-25-21(20-11-9-10-12-22(20)29-25)15-18(3)31(26)17-27(4,5)28/h9-14,18-19,26,29H,7-8,15-17H2,1-6H3/t18-,19-,26-/m1/s1. The minimum atomic E-state index is -1.27. The number of halogens is 1. The predicted molar refractivity (Wildman–Crippen MR) is 137 cm³/mol. The number of hydrogen-bond acceptors (Lipinski definition) is 4. The SMILES string of the molecule is CC[C@H](CN(C)CC)Oc1ccc([C@@H]2c3[nH]c4ccccc4c3C[C@@H](C)N2CC(C)(C)F)s1. The van der Waals surface area contributed by atoms with Crippen molar-refractivity contribution in [2.45, 2.75) is 71.3 Å². The predicted octanol–water partition coefficient (Wildman–Crippen LogP) is 6.42. The Hall–Kier alpha value is -1.89. The van der Waals surface area contributed by atoms with Gasteiger partial charge in [0, 0.05) is 40.6 Å². The van der Waals surface area contributed by atoms with E-state index in [1.54, 1.807) is 25.2 Å². The van der Waals surface area contributed by atoms with Crippen molar-refractivity contribution >= 4 is 22.2 Å². The highest BCUT2D eigenvalue weighted by Gasteiger charge is 2.39. The van der Waals surface area contributed by atoms with Gasteiger partial charge in [-0.3, -0.25) is 4.90 Å². The third-order valence-corrected chi connectivity index (χ3v) is 7.77. The molecule has 3 atom stereocenters. The second kappa shape index (κ2) is 9.77. The molecule has 1 aliphatic rings. The summed E-state index contributed by atoms with van der Waals surface area (Å²) < 4.78 is 21.3. The molecule has 0 fully saturated rings. The van der Waals surface area contributed by atoms with Crippen LogP contribution in [0.5, 0.6) is 5.06 Å². The van der Waals surface area contributed by atoms with Crippen LogP contribution in [-0.4, -0.2) is 59.3 Å². The summed E-state index contributed by atoms with van der Waals surface area (Å²) in [4.78, 5) is 9.51. The van der Waals surface area contributed by atoms with Gasteiger partial charge in [0.2, 0.25) is 0 Å². The van der Waals surface area contributed by atoms with E-state index >= 15 is 0 Å². The fourth-order valence-corrected chi connectivity index (χ4v) is 5.98. The van der Waals surface area contributed by atoms with Crippen molar-refractivity contribution in [1.29, 1.82) is 0 Å². The molecule has 0 saturated carbocycles. The molecule has 0 aliphatic carbocycles. The molecule has 6 heteroatoms. The van der Waals surface area contributed by atoms with Crippen LogP contribution >= 0.6 is 11.3 Å². The maximum Gasteiger partial charge on any atom is 0.174 e. The second-order valence-electron chi connectivity index (χ2n) is 10.1. The molecule has 3 heterocycles. The second-order valence-corrected chi connectivity index (χ2v) is 11.1. The van der Waals surface area contributed by atoms with Crippen molar-refractivity contribution in [2.75, 3.05) is 26.7 Å². The fourth-order valence-electron chi connectivity index (χ4n) is 4.93. The molecule has 0 amide bonds. The number of fused-ring (bicyclic) bond motifs is 3. The molecule has 0 bridgehead atoms. The fraction of sp³-hybridized carbons (Fsp3) is 0.556. The van der Waals surface area contributed by atoms with E-state index < -0.39 is 5.67 Å². The summed E-state index contributed by atoms with van der Waals surface area (Å²) in [5, 5.41) is 2.22. The highest BCUT2D eigenvalue weighted by molar-refractivity contribution is 7.13. The lowest BCUT2D eigenvalue weighted by Crippen LogP contribution is -2.47. The van der Waals surface area contributed by atoms with Crippen LogP contribution in [0.3, 0.4) is 0 Å². The van der Waals surface area contributed by atoms with E-state index in [1.165, 1.54) is 21.5 Å². The van der Waals surface area contributed by atoms with E-state index in [1.807, 2.05) is 0 Å². The number of H-pyrrole nitrogens is 1. The Labute approximate surface area is 201 Å². The summed E-state index contributed by atoms with van der Waals surface area (Å²) in [7, 11) is 2.13. The van der Waals surface area contributed by atoms with Crippen LogP contribution in [0.4, 0.5) is 4.39 Å². The zero-order valence-corrected chi connectivity index (χ0v) is 21.6. The van der Waals surface area contributed by atoms with E-state index in [2.05, 4.69) is 79.0 Å². The van der Waals surface area contributed by atoms with E-state index in [-0.39, 0.29) is 18.2 Å². The third-order valence-electron chi connectivity index (χ3n) is 6.74. The molecular formula is C27H38FN3OS. The van der Waals surface area contributed by atoms with Gasteiger partial charge >= 0.3 is 0 Å². The van der Waals surface area contributed by atoms with E-state index in [4.69, 9.17) is 4.74 Å². The number of thiophene rings is 1. The molecule has 3 aromatic rings. The first kappa shape index (κ1) is 24.2. The van der Waals surface area contributed by atoms with Crippen LogP contribution in [0.1, 0.15) is 63.2 Å². The van der Waals surface area contributed by atoms with Crippen molar-refractivity contribution in [1.82, 2.24) is 14.8 Å². The van der Waals surface area contributed by atoms with Crippen molar-refractivity contribution in [3.63, 3.8) is 0 Å². The first-order chi connectivity index (χ1) is 15.7. The van der Waals surface area contributed by atoms with Crippen LogP contribution < -0.4 is 4.74 Å². The average Bonchev–Trinajstić information content (AvgIpc) is 3.37. The lowest BCUT2D eigenvalue weighted by molar-refractivity contribution is 0.0679. The van der Waals surface area contributed by atoms with Crippen LogP contribution in [0.25, 0.3) is 10.9 Å². The Morgan fingerprint density at radius 1 is 1.24 bits per heavy atom. The van der Waals surface area contributed by atoms with Gasteiger partial charge < -0.3 is 14.6 Å². The molecule has 4 nitrogen and oxygen atoms in total. The third kappa shape index (κ3) is 5.28. The molecular weight excluding hydrogens is 433 g/mol. The Morgan fingerprint density at radius 3 is 2.70 bits per heavy atom. The number of alkyl halides is 1. The van der Waals surface area contributed by atoms with Crippen molar-refractivity contribution in [3.8, 4) is 5.06 Å². The normalized spacial score (nSPS) is 20.4. The summed E-state index contributed by atoms with van der Waals surface area (Å²) in [6.07, 6.45) is 2.05. The first-order valence-electron chi connectivity index (χ1n) is 12.2. The maximum atomic E-state index is 14.9. The van der Waals surface area contributed by atoms with Gasteiger partial charge in [-0.15, -0.1) is 11.3 Å². The number of para-hydroxylation sites is 1. The first-order valence-corrected chi connectivity index (χ1v) is 13.0. The summed E-state index contributed by atoms with van der Waals surface area (Å²) in [5.41, 5.74) is 2.44. The molecule has 180 valence electrons. The number of aromatic amines is 1. The van der Waals surface area contributed by atoms with E-state index in [0.29, 0.717) is 6.54 Å². The number of benzene rings is 1. The Kier molecular flexibility index (Phi) is 7.18. The lowest BCUT2D eigenvalue weighted by atomic mass is 9.90. The monoisotopic (exact) mass is 471 g/mol. The molecule has 1 aromatic carbocycles. The molecule has 1 N–H and O–H groups in total. The summed E-state index contributed by atoms with van der Waals surface area (Å²) in [6, 6.07) is 13.0. The van der Waals surface area contributed by atoms with Crippen molar-refractivity contribution < 1.29 is 9.13 Å². The van der Waals surface area contributed by atoms with Gasteiger partial charge in [0.15, 0.2) is 5.06 Å². The Bertz CT molecular complexity index is 1070. The van der Waals surface area contributed by atoms with Crippen LogP contribution in [0, 0.1) is 0 Å². The molecule has 1 aliphatic heterocycles. The molecule has 0 radical (unpaired) electrons. The van der Waals surface area contributed by atoms with E-state index in [0.717, 1.165) is 36.5 Å². The zero-order valence-electron chi connectivity index (χ0n) is 20.8. The summed E-state index contributed by atoms with van der Waals surface area (Å²) in [6.45, 7) is 12.2. The molecule has 0 spiro atoms. The van der Waals surface area contributed by atoms with Gasteiger partial charge in [-0.1, -0.05) is 32.0 Å². The van der Waals surface area contributed by atoms with Gasteiger partial charge in [0.05, 0.1) is 6.04 Å². The van der Waals surface area contributed by atoms with E-state index in [9.17, 15) is 4.39 Å². The number of nitrogens with one attached hydrogen (secondary N) is 1. The Balaban J connectivity index is 1.70. The number of ether oxygens (including phenoxy) is 1. The Morgan fingerprint density at radius 2 is 2.00 bits per heavy atom. The van der Waals surface area contributed by atoms with Gasteiger partial charge in [-0.05, 0) is 71.0 Å². The molecule has 33 heavy (non-hydrogen) atoms. The molecule has 4 rings (SSSR count). The quantitative estimate of drug-likeness (QED) is 0.391. The summed E-state index contributed by atoms with van der Waals surface area (Å²) in [5.74, 6) is 0. The van der Waals surface area contributed by atoms with Crippen LogP contribution in [0.15, 0.2) is 36.4 Å². The highest BCUT2D eigenvalue weighted by atomic mass is 32.1. The van der Waals surface area contributed by atoms with Gasteiger partial charge in [-0.2, -0.15) is 0 Å². The van der Waals surface area contributed by atoms with Gasteiger partial charge in [0.1, 0.15) is 11.8 Å². The van der Waals surface area contributed by atoms with Crippen molar-refractivity contribution in [2.24, 2.45) is 0 Å². The highest BCUT2D eigenvalue weighted by Crippen LogP contribution is 2.44. The number of aromatic nitrogens is 1. The molecule has 0 unspecified atom stereocenters. The zero-order chi connectivity index (χ0) is 23.8. The molecule has 0 saturated heterocycles. The topological polar surface area (TPSA) is 31.5 Å². The number of likely N-dealkylation sites (N-methyl/N-ethyl adjacent to an activating group) is 1. The maximum absolute atomic E-state index is 14.9. The summed E-state index contributed by atoms with van der Waals surface area (Å²) >= 11 is 1.70. The number of hydrogen-bond donors (Lipinski definition) is 1. The smallest absolute Gasteiger partial charge is 0.174 e. The molecule has 2 aromatic heterocycles. The number of rotatable bonds is 9. The van der Waals surface area contributed by atoms with Crippen LogP contribution in [0.2, 0.25) is 0 Å². The minimum Gasteiger partial charge on any atom is -0.480 e. The number of nitrogens with zero attached hydrogens (tertiary/aromatic N) is 2. The lowest BCUT2D eigenvalue weighted by Gasteiger charge is -2.42. The van der Waals surface area contributed by atoms with Gasteiger partial charge in [-0.25, -0.2) is 4.39 Å². The van der Waals surface area contributed by atoms with Crippen LogP contribution in [-0.2, 0) is 6.42 Å². The average molecular weight is 472 g/mol. The largest absolute Gasteiger partial charge is 0.480 e. The minimum absolute atomic E-state index is 0.00748.